The van der Waals surface area contributed by atoms with E-state index in [0.717, 1.165) is 44.2 Å². The molecule has 1 aliphatic carbocycles. The van der Waals surface area contributed by atoms with Crippen molar-refractivity contribution in [1.29, 1.82) is 0 Å². The lowest BCUT2D eigenvalue weighted by atomic mass is 9.77. The van der Waals surface area contributed by atoms with E-state index < -0.39 is 23.4 Å². The Morgan fingerprint density at radius 1 is 0.912 bits per heavy atom. The van der Waals surface area contributed by atoms with Gasteiger partial charge in [0.25, 0.3) is 0 Å². The summed E-state index contributed by atoms with van der Waals surface area (Å²) in [5.41, 5.74) is 0.661. The van der Waals surface area contributed by atoms with E-state index in [1.807, 2.05) is 0 Å². The van der Waals surface area contributed by atoms with Crippen molar-refractivity contribution in [2.24, 2.45) is 5.92 Å². The maximum atomic E-state index is 15.7. The van der Waals surface area contributed by atoms with Crippen LogP contribution in [-0.2, 0) is 6.18 Å². The largest absolute Gasteiger partial charge is 0.453 e. The van der Waals surface area contributed by atoms with Crippen LogP contribution in [0.2, 0.25) is 0 Å². The predicted molar refractivity (Wildman–Crippen MR) is 123 cm³/mol. The first-order valence-electron chi connectivity index (χ1n) is 11.6. The molecule has 0 aromatic heterocycles. The highest BCUT2D eigenvalue weighted by molar-refractivity contribution is 5.71. The maximum Gasteiger partial charge on any atom is 0.416 e. The average Bonchev–Trinajstić information content (AvgIpc) is 2.82. The van der Waals surface area contributed by atoms with Crippen LogP contribution in [0, 0.1) is 24.5 Å². The van der Waals surface area contributed by atoms with Gasteiger partial charge in [0.1, 0.15) is 11.6 Å². The summed E-state index contributed by atoms with van der Waals surface area (Å²) < 4.78 is 75.4. The third-order valence-electron chi connectivity index (χ3n) is 6.85. The summed E-state index contributed by atoms with van der Waals surface area (Å²) in [6.45, 7) is 3.72. The monoisotopic (exact) mass is 474 g/mol. The third kappa shape index (κ3) is 4.96. The fraction of sp³-hybridized carbons (Fsp3) is 0.357. The lowest BCUT2D eigenvalue weighted by molar-refractivity contribution is -0.137. The molecule has 1 fully saturated rings. The molecule has 0 unspecified atom stereocenters. The van der Waals surface area contributed by atoms with Gasteiger partial charge in [-0.2, -0.15) is 13.2 Å². The number of aryl methyl sites for hydroxylation is 1. The molecular formula is C28H27F5O. The number of halogens is 5. The van der Waals surface area contributed by atoms with Gasteiger partial charge in [-0.15, -0.1) is 0 Å². The van der Waals surface area contributed by atoms with Crippen molar-refractivity contribution >= 4 is 0 Å². The highest BCUT2D eigenvalue weighted by Gasteiger charge is 2.31. The van der Waals surface area contributed by atoms with Crippen molar-refractivity contribution in [3.05, 3.63) is 82.9 Å². The standard InChI is InChI=1S/C28H27F5O/c1-3-18-8-10-20(11-9-18)25-23(29)16-17(2)27(26(25)30)34-24-7-5-4-6-22(24)19-12-14-21(15-13-19)28(31,32)33/h4-7,12-16,18,20H,3,8-11H2,1-2H3. The van der Waals surface area contributed by atoms with Crippen LogP contribution >= 0.6 is 0 Å². The second-order valence-electron chi connectivity index (χ2n) is 9.03. The first-order valence-corrected chi connectivity index (χ1v) is 11.6. The van der Waals surface area contributed by atoms with Crippen LogP contribution in [0.25, 0.3) is 11.1 Å². The first-order chi connectivity index (χ1) is 16.2. The summed E-state index contributed by atoms with van der Waals surface area (Å²) in [4.78, 5) is 0. The number of hydrogen-bond acceptors (Lipinski definition) is 1. The second kappa shape index (κ2) is 9.77. The predicted octanol–water partition coefficient (Wildman–Crippen LogP) is 9.44. The first kappa shape index (κ1) is 24.2. The van der Waals surface area contributed by atoms with Gasteiger partial charge in [0.15, 0.2) is 11.6 Å². The van der Waals surface area contributed by atoms with Crippen molar-refractivity contribution in [2.75, 3.05) is 0 Å². The average molecular weight is 475 g/mol. The highest BCUT2D eigenvalue weighted by Crippen LogP contribution is 2.43. The molecule has 0 bridgehead atoms. The molecule has 1 nitrogen and oxygen atoms in total. The van der Waals surface area contributed by atoms with Crippen LogP contribution in [0.15, 0.2) is 54.6 Å². The Balaban J connectivity index is 1.68. The van der Waals surface area contributed by atoms with Gasteiger partial charge in [-0.3, -0.25) is 0 Å². The van der Waals surface area contributed by atoms with Gasteiger partial charge in [-0.25, -0.2) is 8.78 Å². The smallest absolute Gasteiger partial charge is 0.416 e. The SMILES string of the molecule is CCC1CCC(c2c(F)cc(C)c(Oc3ccccc3-c3ccc(C(F)(F)F)cc3)c2F)CC1. The molecule has 34 heavy (non-hydrogen) atoms. The fourth-order valence-corrected chi connectivity index (χ4v) is 4.84. The minimum Gasteiger partial charge on any atom is -0.453 e. The van der Waals surface area contributed by atoms with Crippen molar-refractivity contribution < 1.29 is 26.7 Å². The molecule has 1 saturated carbocycles. The number of para-hydroxylation sites is 1. The van der Waals surface area contributed by atoms with Crippen LogP contribution in [0.1, 0.15) is 61.6 Å². The second-order valence-corrected chi connectivity index (χ2v) is 9.03. The van der Waals surface area contributed by atoms with E-state index in [1.165, 1.54) is 18.2 Å². The highest BCUT2D eigenvalue weighted by atomic mass is 19.4. The summed E-state index contributed by atoms with van der Waals surface area (Å²) in [5, 5.41) is 0. The lowest BCUT2D eigenvalue weighted by Crippen LogP contribution is -2.15. The van der Waals surface area contributed by atoms with E-state index in [2.05, 4.69) is 6.92 Å². The summed E-state index contributed by atoms with van der Waals surface area (Å²) in [7, 11) is 0. The van der Waals surface area contributed by atoms with Crippen LogP contribution in [0.3, 0.4) is 0 Å². The number of alkyl halides is 3. The molecule has 1 aliphatic rings. The van der Waals surface area contributed by atoms with E-state index in [1.54, 1.807) is 31.2 Å². The van der Waals surface area contributed by atoms with Gasteiger partial charge in [0.05, 0.1) is 5.56 Å². The molecule has 0 amide bonds. The molecule has 0 saturated heterocycles. The zero-order chi connectivity index (χ0) is 24.5. The Labute approximate surface area is 196 Å². The van der Waals surface area contributed by atoms with E-state index in [9.17, 15) is 17.6 Å². The molecule has 6 heteroatoms. The van der Waals surface area contributed by atoms with E-state index in [-0.39, 0.29) is 23.0 Å². The zero-order valence-corrected chi connectivity index (χ0v) is 19.2. The molecule has 180 valence electrons. The third-order valence-corrected chi connectivity index (χ3v) is 6.85. The number of benzene rings is 3. The van der Waals surface area contributed by atoms with Gasteiger partial charge in [0, 0.05) is 11.1 Å². The topological polar surface area (TPSA) is 9.23 Å². The lowest BCUT2D eigenvalue weighted by Gasteiger charge is -2.29. The number of rotatable bonds is 5. The molecule has 0 atom stereocenters. The summed E-state index contributed by atoms with van der Waals surface area (Å²) in [6.07, 6.45) is -0.00798. The molecule has 0 N–H and O–H groups in total. The number of hydrogen-bond donors (Lipinski definition) is 0. The minimum atomic E-state index is -4.43. The Kier molecular flexibility index (Phi) is 6.96. The van der Waals surface area contributed by atoms with Crippen LogP contribution in [0.4, 0.5) is 22.0 Å². The van der Waals surface area contributed by atoms with E-state index in [0.29, 0.717) is 22.6 Å². The van der Waals surface area contributed by atoms with Gasteiger partial charge in [-0.05, 0) is 79.8 Å². The zero-order valence-electron chi connectivity index (χ0n) is 19.2. The summed E-state index contributed by atoms with van der Waals surface area (Å²) in [6, 6.07) is 12.8. The summed E-state index contributed by atoms with van der Waals surface area (Å²) in [5.74, 6) is -0.613. The molecular weight excluding hydrogens is 447 g/mol. The molecule has 3 aromatic carbocycles. The molecule has 0 heterocycles. The van der Waals surface area contributed by atoms with E-state index >= 15 is 4.39 Å². The van der Waals surface area contributed by atoms with Gasteiger partial charge in [0.2, 0.25) is 0 Å². The van der Waals surface area contributed by atoms with Crippen molar-refractivity contribution in [3.63, 3.8) is 0 Å². The maximum absolute atomic E-state index is 15.7. The fourth-order valence-electron chi connectivity index (χ4n) is 4.84. The van der Waals surface area contributed by atoms with Crippen molar-refractivity contribution in [2.45, 2.75) is 58.0 Å². The summed E-state index contributed by atoms with van der Waals surface area (Å²) >= 11 is 0. The molecule has 0 radical (unpaired) electrons. The molecule has 0 aliphatic heterocycles. The van der Waals surface area contributed by atoms with Crippen molar-refractivity contribution in [1.82, 2.24) is 0 Å². The normalized spacial score (nSPS) is 18.7. The Hall–Kier alpha value is -2.89. The Morgan fingerprint density at radius 2 is 1.56 bits per heavy atom. The van der Waals surface area contributed by atoms with E-state index in [4.69, 9.17) is 4.74 Å². The van der Waals surface area contributed by atoms with Crippen LogP contribution in [-0.4, -0.2) is 0 Å². The van der Waals surface area contributed by atoms with Crippen molar-refractivity contribution in [3.8, 4) is 22.6 Å². The van der Waals surface area contributed by atoms with Gasteiger partial charge in [-0.1, -0.05) is 43.7 Å². The Bertz CT molecular complexity index is 1140. The molecule has 4 rings (SSSR count). The van der Waals surface area contributed by atoms with Crippen LogP contribution in [0.5, 0.6) is 11.5 Å². The molecule has 0 spiro atoms. The number of ether oxygens (including phenoxy) is 1. The minimum absolute atomic E-state index is 0.0478. The quantitative estimate of drug-likeness (QED) is 0.335. The van der Waals surface area contributed by atoms with Gasteiger partial charge < -0.3 is 4.74 Å². The molecule has 3 aromatic rings. The Morgan fingerprint density at radius 3 is 2.18 bits per heavy atom. The van der Waals surface area contributed by atoms with Gasteiger partial charge >= 0.3 is 6.18 Å². The van der Waals surface area contributed by atoms with Crippen LogP contribution < -0.4 is 4.74 Å².